The smallest absolute Gasteiger partial charge is 0.310 e. The molecule has 0 aromatic heterocycles. The Morgan fingerprint density at radius 2 is 2.00 bits per heavy atom. The van der Waals surface area contributed by atoms with Gasteiger partial charge in [-0.15, -0.1) is 0 Å². The van der Waals surface area contributed by atoms with Gasteiger partial charge in [-0.1, -0.05) is 33.1 Å². The number of nitrogens with zero attached hydrogens (tertiary/aromatic N) is 1. The van der Waals surface area contributed by atoms with Gasteiger partial charge in [0.05, 0.1) is 5.41 Å². The molecule has 0 radical (unpaired) electrons. The fourth-order valence-electron chi connectivity index (χ4n) is 3.96. The molecule has 1 unspecified atom stereocenters. The third-order valence-electron chi connectivity index (χ3n) is 5.27. The van der Waals surface area contributed by atoms with Crippen LogP contribution in [-0.4, -0.2) is 35.6 Å². The minimum Gasteiger partial charge on any atom is -0.481 e. The molecule has 0 amide bonds. The van der Waals surface area contributed by atoms with Crippen molar-refractivity contribution in [2.45, 2.75) is 58.8 Å². The highest BCUT2D eigenvalue weighted by molar-refractivity contribution is 5.75. The lowest BCUT2D eigenvalue weighted by Crippen LogP contribution is -2.36. The van der Waals surface area contributed by atoms with Gasteiger partial charge in [-0.25, -0.2) is 0 Å². The Bertz CT molecular complexity index is 310. The molecular weight excluding hydrogens is 238 g/mol. The van der Waals surface area contributed by atoms with Crippen molar-refractivity contribution in [1.29, 1.82) is 0 Å². The maximum absolute atomic E-state index is 11.6. The highest BCUT2D eigenvalue weighted by atomic mass is 16.4. The molecule has 1 saturated carbocycles. The highest BCUT2D eigenvalue weighted by Gasteiger charge is 2.44. The van der Waals surface area contributed by atoms with Crippen molar-refractivity contribution in [3.05, 3.63) is 0 Å². The molecule has 0 aromatic carbocycles. The lowest BCUT2D eigenvalue weighted by atomic mass is 9.82. The van der Waals surface area contributed by atoms with Gasteiger partial charge in [0.25, 0.3) is 0 Å². The van der Waals surface area contributed by atoms with Gasteiger partial charge in [-0.05, 0) is 44.1 Å². The van der Waals surface area contributed by atoms with Crippen LogP contribution >= 0.6 is 0 Å². The van der Waals surface area contributed by atoms with Crippen molar-refractivity contribution in [1.82, 2.24) is 4.90 Å². The van der Waals surface area contributed by atoms with E-state index in [1.165, 1.54) is 25.7 Å². The number of hydrogen-bond acceptors (Lipinski definition) is 2. The molecule has 2 fully saturated rings. The Morgan fingerprint density at radius 3 is 2.58 bits per heavy atom. The molecule has 0 aromatic rings. The molecule has 3 nitrogen and oxygen atoms in total. The molecule has 1 aliphatic heterocycles. The zero-order chi connectivity index (χ0) is 13.9. The lowest BCUT2D eigenvalue weighted by Gasteiger charge is -2.30. The van der Waals surface area contributed by atoms with E-state index in [0.717, 1.165) is 50.7 Å². The maximum Gasteiger partial charge on any atom is 0.310 e. The first-order valence-corrected chi connectivity index (χ1v) is 8.01. The van der Waals surface area contributed by atoms with Crippen LogP contribution in [-0.2, 0) is 4.79 Å². The largest absolute Gasteiger partial charge is 0.481 e. The van der Waals surface area contributed by atoms with Crippen molar-refractivity contribution >= 4 is 5.97 Å². The normalized spacial score (nSPS) is 36.5. The summed E-state index contributed by atoms with van der Waals surface area (Å²) in [5, 5.41) is 9.53. The molecule has 1 heterocycles. The molecule has 1 N–H and O–H groups in total. The molecule has 2 aliphatic rings. The Hall–Kier alpha value is -0.570. The predicted octanol–water partition coefficient (Wildman–Crippen LogP) is 3.39. The molecule has 1 saturated heterocycles. The molecule has 0 bridgehead atoms. The van der Waals surface area contributed by atoms with Crippen LogP contribution in [0.15, 0.2) is 0 Å². The van der Waals surface area contributed by atoms with E-state index in [2.05, 4.69) is 18.7 Å². The van der Waals surface area contributed by atoms with Crippen LogP contribution in [0.5, 0.6) is 0 Å². The first-order chi connectivity index (χ1) is 9.05. The topological polar surface area (TPSA) is 40.5 Å². The number of rotatable bonds is 5. The van der Waals surface area contributed by atoms with E-state index < -0.39 is 11.4 Å². The number of likely N-dealkylation sites (tertiary alicyclic amines) is 1. The van der Waals surface area contributed by atoms with Crippen LogP contribution in [0.2, 0.25) is 0 Å². The van der Waals surface area contributed by atoms with Crippen LogP contribution in [0.25, 0.3) is 0 Å². The molecular formula is C16H29NO2. The first kappa shape index (κ1) is 14.8. The molecule has 19 heavy (non-hydrogen) atoms. The van der Waals surface area contributed by atoms with Gasteiger partial charge in [-0.3, -0.25) is 4.79 Å². The summed E-state index contributed by atoms with van der Waals surface area (Å²) in [5.41, 5.74) is -0.448. The van der Waals surface area contributed by atoms with E-state index in [0.29, 0.717) is 0 Å². The average molecular weight is 267 g/mol. The number of carboxylic acids is 1. The summed E-state index contributed by atoms with van der Waals surface area (Å²) in [7, 11) is 0. The van der Waals surface area contributed by atoms with E-state index in [-0.39, 0.29) is 0 Å². The van der Waals surface area contributed by atoms with E-state index in [1.54, 1.807) is 0 Å². The Kier molecular flexibility index (Phi) is 4.88. The Balaban J connectivity index is 1.85. The van der Waals surface area contributed by atoms with Crippen LogP contribution < -0.4 is 0 Å². The van der Waals surface area contributed by atoms with Crippen molar-refractivity contribution in [3.63, 3.8) is 0 Å². The summed E-state index contributed by atoms with van der Waals surface area (Å²) in [4.78, 5) is 14.0. The molecule has 0 spiro atoms. The Labute approximate surface area is 117 Å². The number of aliphatic carboxylic acids is 1. The zero-order valence-electron chi connectivity index (χ0n) is 12.5. The van der Waals surface area contributed by atoms with E-state index in [1.807, 2.05) is 0 Å². The molecule has 3 heteroatoms. The van der Waals surface area contributed by atoms with Crippen molar-refractivity contribution in [2.24, 2.45) is 17.3 Å². The van der Waals surface area contributed by atoms with Crippen LogP contribution in [0.1, 0.15) is 58.8 Å². The van der Waals surface area contributed by atoms with Crippen LogP contribution in [0.4, 0.5) is 0 Å². The molecule has 110 valence electrons. The van der Waals surface area contributed by atoms with Crippen molar-refractivity contribution < 1.29 is 9.90 Å². The van der Waals surface area contributed by atoms with Gasteiger partial charge in [0.2, 0.25) is 0 Å². The molecule has 1 atom stereocenters. The third-order valence-corrected chi connectivity index (χ3v) is 5.27. The second kappa shape index (κ2) is 6.25. The minimum absolute atomic E-state index is 0.448. The second-order valence-electron chi connectivity index (χ2n) is 6.95. The van der Waals surface area contributed by atoms with Crippen LogP contribution in [0, 0.1) is 17.3 Å². The quantitative estimate of drug-likeness (QED) is 0.830. The van der Waals surface area contributed by atoms with E-state index in [4.69, 9.17) is 0 Å². The summed E-state index contributed by atoms with van der Waals surface area (Å²) < 4.78 is 0. The van der Waals surface area contributed by atoms with E-state index in [9.17, 15) is 9.90 Å². The highest BCUT2D eigenvalue weighted by Crippen LogP contribution is 2.37. The zero-order valence-corrected chi connectivity index (χ0v) is 12.5. The fraction of sp³-hybridized carbons (Fsp3) is 0.938. The summed E-state index contributed by atoms with van der Waals surface area (Å²) in [6, 6.07) is 0. The maximum atomic E-state index is 11.6. The number of hydrogen-bond donors (Lipinski definition) is 1. The predicted molar refractivity (Wildman–Crippen MR) is 77.2 cm³/mol. The summed E-state index contributed by atoms with van der Waals surface area (Å²) in [5.74, 6) is 1.13. The SMILES string of the molecule is CCCC1(C(=O)O)CCN(CC2CCC(C)CC2)C1. The fourth-order valence-corrected chi connectivity index (χ4v) is 3.96. The summed E-state index contributed by atoms with van der Waals surface area (Å²) in [6.07, 6.45) is 8.05. The van der Waals surface area contributed by atoms with Crippen LogP contribution in [0.3, 0.4) is 0 Å². The van der Waals surface area contributed by atoms with E-state index >= 15 is 0 Å². The van der Waals surface area contributed by atoms with Gasteiger partial charge in [0.1, 0.15) is 0 Å². The monoisotopic (exact) mass is 267 g/mol. The van der Waals surface area contributed by atoms with Gasteiger partial charge in [0, 0.05) is 13.1 Å². The summed E-state index contributed by atoms with van der Waals surface area (Å²) in [6.45, 7) is 7.34. The molecule has 2 rings (SSSR count). The third kappa shape index (κ3) is 3.50. The second-order valence-corrected chi connectivity index (χ2v) is 6.95. The standard InChI is InChI=1S/C16H29NO2/c1-3-8-16(15(18)19)9-10-17(12-16)11-14-6-4-13(2)5-7-14/h13-14H,3-12H2,1-2H3,(H,18,19). The van der Waals surface area contributed by atoms with Gasteiger partial charge >= 0.3 is 5.97 Å². The lowest BCUT2D eigenvalue weighted by molar-refractivity contribution is -0.148. The summed E-state index contributed by atoms with van der Waals surface area (Å²) >= 11 is 0. The van der Waals surface area contributed by atoms with Gasteiger partial charge < -0.3 is 10.0 Å². The average Bonchev–Trinajstić information content (AvgIpc) is 2.77. The first-order valence-electron chi connectivity index (χ1n) is 8.01. The number of carboxylic acid groups (broad SMARTS) is 1. The van der Waals surface area contributed by atoms with Gasteiger partial charge in [-0.2, -0.15) is 0 Å². The number of carbonyl (C=O) groups is 1. The van der Waals surface area contributed by atoms with Crippen molar-refractivity contribution in [2.75, 3.05) is 19.6 Å². The van der Waals surface area contributed by atoms with Gasteiger partial charge in [0.15, 0.2) is 0 Å². The minimum atomic E-state index is -0.575. The van der Waals surface area contributed by atoms with Crippen molar-refractivity contribution in [3.8, 4) is 0 Å². The Morgan fingerprint density at radius 1 is 1.32 bits per heavy atom. The molecule has 1 aliphatic carbocycles.